The second-order valence-corrected chi connectivity index (χ2v) is 5.50. The molecule has 2 aromatic carbocycles. The number of thiocarbonyl (C=S) groups is 1. The molecule has 0 radical (unpaired) electrons. The first-order valence-electron chi connectivity index (χ1n) is 7.27. The van der Waals surface area contributed by atoms with E-state index in [-0.39, 0.29) is 10.9 Å². The van der Waals surface area contributed by atoms with Gasteiger partial charge in [0.15, 0.2) is 10.9 Å². The Bertz CT molecular complexity index is 870. The number of fused-ring (bicyclic) bond motifs is 3. The number of nitrogens with one attached hydrogen (secondary N) is 1. The van der Waals surface area contributed by atoms with Gasteiger partial charge < -0.3 is 15.7 Å². The first-order chi connectivity index (χ1) is 11.0. The number of nitrogens with zero attached hydrogens (tertiary/aromatic N) is 1. The van der Waals surface area contributed by atoms with Crippen molar-refractivity contribution in [3.05, 3.63) is 48.0 Å². The number of hydrogen-bond donors (Lipinski definition) is 3. The van der Waals surface area contributed by atoms with E-state index in [1.807, 2.05) is 23.6 Å². The van der Waals surface area contributed by atoms with E-state index in [0.29, 0.717) is 0 Å². The molecule has 0 fully saturated rings. The lowest BCUT2D eigenvalue weighted by Crippen LogP contribution is -2.34. The van der Waals surface area contributed by atoms with Crippen molar-refractivity contribution >= 4 is 44.9 Å². The fourth-order valence-corrected chi connectivity index (χ4v) is 2.61. The minimum atomic E-state index is 0.116. The predicted octanol–water partition coefficient (Wildman–Crippen LogP) is 2.71. The standard InChI is InChI=1S/C16H15NO.CH5N3S/c1-3-17-15-7-5-4-6-13(15)14-10-12(11(2)18)8-9-16(14)17;2-1(5)4-3/h4-10H,3H2,1-2H3;3H2,(H3,2,4,5). The first-order valence-corrected chi connectivity index (χ1v) is 7.68. The summed E-state index contributed by atoms with van der Waals surface area (Å²) in [6, 6.07) is 14.3. The molecule has 0 unspecified atom stereocenters. The molecule has 6 heteroatoms. The summed E-state index contributed by atoms with van der Waals surface area (Å²) in [7, 11) is 0. The van der Waals surface area contributed by atoms with E-state index in [0.717, 1.165) is 12.1 Å². The molecule has 5 N–H and O–H groups in total. The van der Waals surface area contributed by atoms with E-state index >= 15 is 0 Å². The number of para-hydroxylation sites is 1. The van der Waals surface area contributed by atoms with Crippen LogP contribution in [0.5, 0.6) is 0 Å². The number of Topliss-reactive ketones (excluding diaryl/α,β-unsaturated/α-hetero) is 1. The Morgan fingerprint density at radius 1 is 1.17 bits per heavy atom. The van der Waals surface area contributed by atoms with Crippen molar-refractivity contribution in [3.63, 3.8) is 0 Å². The number of rotatable bonds is 2. The molecular weight excluding hydrogens is 308 g/mol. The SMILES string of the molecule is CCn1c2ccccc2c2cc(C(C)=O)ccc21.NNC(N)=S. The molecule has 0 aliphatic rings. The first kappa shape index (κ1) is 16.9. The molecule has 5 nitrogen and oxygen atoms in total. The molecule has 0 bridgehead atoms. The van der Waals surface area contributed by atoms with Crippen molar-refractivity contribution in [1.29, 1.82) is 0 Å². The topological polar surface area (TPSA) is 86.1 Å². The van der Waals surface area contributed by atoms with E-state index in [1.54, 1.807) is 6.92 Å². The smallest absolute Gasteiger partial charge is 0.177 e. The fourth-order valence-electron chi connectivity index (χ4n) is 2.61. The fraction of sp³-hybridized carbons (Fsp3) is 0.176. The van der Waals surface area contributed by atoms with E-state index in [4.69, 9.17) is 5.73 Å². The lowest BCUT2D eigenvalue weighted by atomic mass is 10.1. The quantitative estimate of drug-likeness (QED) is 0.291. The Balaban J connectivity index is 0.000000338. The third-order valence-corrected chi connectivity index (χ3v) is 3.76. The highest BCUT2D eigenvalue weighted by atomic mass is 32.1. The van der Waals surface area contributed by atoms with Crippen LogP contribution in [0.1, 0.15) is 24.2 Å². The van der Waals surface area contributed by atoms with Crippen LogP contribution in [-0.2, 0) is 6.54 Å². The molecule has 0 amide bonds. The lowest BCUT2D eigenvalue weighted by molar-refractivity contribution is 0.101. The van der Waals surface area contributed by atoms with E-state index in [1.165, 1.54) is 21.8 Å². The number of carbonyl (C=O) groups excluding carboxylic acids is 1. The Morgan fingerprint density at radius 2 is 1.78 bits per heavy atom. The van der Waals surface area contributed by atoms with Crippen molar-refractivity contribution < 1.29 is 4.79 Å². The summed E-state index contributed by atoms with van der Waals surface area (Å²) in [5.74, 6) is 4.77. The number of hydrogen-bond acceptors (Lipinski definition) is 3. The summed E-state index contributed by atoms with van der Waals surface area (Å²) in [5.41, 5.74) is 10.0. The van der Waals surface area contributed by atoms with Gasteiger partial charge in [-0.3, -0.25) is 4.79 Å². The van der Waals surface area contributed by atoms with Crippen LogP contribution in [0, 0.1) is 0 Å². The molecular formula is C17H20N4OS. The van der Waals surface area contributed by atoms with Gasteiger partial charge in [0.1, 0.15) is 0 Å². The highest BCUT2D eigenvalue weighted by Crippen LogP contribution is 2.29. The van der Waals surface area contributed by atoms with Crippen LogP contribution in [0.3, 0.4) is 0 Å². The van der Waals surface area contributed by atoms with Gasteiger partial charge in [-0.15, -0.1) is 0 Å². The van der Waals surface area contributed by atoms with Crippen LogP contribution in [-0.4, -0.2) is 15.5 Å². The predicted molar refractivity (Wildman–Crippen MR) is 99.2 cm³/mol. The maximum atomic E-state index is 11.5. The highest BCUT2D eigenvalue weighted by molar-refractivity contribution is 7.80. The van der Waals surface area contributed by atoms with Crippen molar-refractivity contribution in [3.8, 4) is 0 Å². The molecule has 3 rings (SSSR count). The third kappa shape index (κ3) is 3.49. The minimum Gasteiger partial charge on any atom is -0.375 e. The van der Waals surface area contributed by atoms with E-state index in [2.05, 4.69) is 53.8 Å². The largest absolute Gasteiger partial charge is 0.375 e. The van der Waals surface area contributed by atoms with Crippen molar-refractivity contribution in [2.45, 2.75) is 20.4 Å². The second kappa shape index (κ2) is 7.21. The average Bonchev–Trinajstić information content (AvgIpc) is 2.88. The lowest BCUT2D eigenvalue weighted by Gasteiger charge is -2.02. The summed E-state index contributed by atoms with van der Waals surface area (Å²) in [6.45, 7) is 4.69. The maximum Gasteiger partial charge on any atom is 0.177 e. The zero-order valence-electron chi connectivity index (χ0n) is 13.2. The normalized spacial score (nSPS) is 10.2. The zero-order valence-corrected chi connectivity index (χ0v) is 14.0. The number of nitrogens with two attached hydrogens (primary N) is 2. The van der Waals surface area contributed by atoms with Gasteiger partial charge in [-0.1, -0.05) is 18.2 Å². The summed E-state index contributed by atoms with van der Waals surface area (Å²) >= 11 is 4.24. The monoisotopic (exact) mass is 328 g/mol. The molecule has 0 aliphatic carbocycles. The summed E-state index contributed by atoms with van der Waals surface area (Å²) in [6.07, 6.45) is 0. The number of benzene rings is 2. The highest BCUT2D eigenvalue weighted by Gasteiger charge is 2.10. The molecule has 0 atom stereocenters. The maximum absolute atomic E-state index is 11.5. The number of aryl methyl sites for hydroxylation is 1. The van der Waals surface area contributed by atoms with Crippen molar-refractivity contribution in [1.82, 2.24) is 9.99 Å². The van der Waals surface area contributed by atoms with Crippen LogP contribution >= 0.6 is 12.2 Å². The number of hydrazine groups is 1. The molecule has 120 valence electrons. The molecule has 0 saturated carbocycles. The minimum absolute atomic E-state index is 0.116. The number of aromatic nitrogens is 1. The van der Waals surface area contributed by atoms with Crippen LogP contribution in [0.25, 0.3) is 21.8 Å². The number of ketones is 1. The Labute approximate surface area is 140 Å². The third-order valence-electron chi connectivity index (χ3n) is 3.64. The summed E-state index contributed by atoms with van der Waals surface area (Å²) in [4.78, 5) is 11.5. The van der Waals surface area contributed by atoms with Gasteiger partial charge in [0.25, 0.3) is 0 Å². The summed E-state index contributed by atoms with van der Waals surface area (Å²) < 4.78 is 2.29. The van der Waals surface area contributed by atoms with Gasteiger partial charge in [-0.05, 0) is 50.3 Å². The Hall–Kier alpha value is -2.44. The summed E-state index contributed by atoms with van der Waals surface area (Å²) in [5, 5.41) is 2.50. The molecule has 1 aromatic heterocycles. The zero-order chi connectivity index (χ0) is 17.0. The molecule has 23 heavy (non-hydrogen) atoms. The van der Waals surface area contributed by atoms with Crippen LogP contribution < -0.4 is 17.0 Å². The van der Waals surface area contributed by atoms with Crippen molar-refractivity contribution in [2.24, 2.45) is 11.6 Å². The second-order valence-electron chi connectivity index (χ2n) is 5.06. The Kier molecular flexibility index (Phi) is 5.31. The van der Waals surface area contributed by atoms with Crippen LogP contribution in [0.15, 0.2) is 42.5 Å². The molecule has 0 saturated heterocycles. The molecule has 0 aliphatic heterocycles. The Morgan fingerprint density at radius 3 is 2.35 bits per heavy atom. The van der Waals surface area contributed by atoms with Gasteiger partial charge in [0.2, 0.25) is 0 Å². The van der Waals surface area contributed by atoms with Crippen LogP contribution in [0.4, 0.5) is 0 Å². The van der Waals surface area contributed by atoms with Gasteiger partial charge in [-0.2, -0.15) is 0 Å². The number of carbonyl (C=O) groups is 1. The molecule has 1 heterocycles. The van der Waals surface area contributed by atoms with E-state index < -0.39 is 0 Å². The van der Waals surface area contributed by atoms with E-state index in [9.17, 15) is 4.79 Å². The van der Waals surface area contributed by atoms with Crippen LogP contribution in [0.2, 0.25) is 0 Å². The van der Waals surface area contributed by atoms with Gasteiger partial charge >= 0.3 is 0 Å². The van der Waals surface area contributed by atoms with Gasteiger partial charge in [0, 0.05) is 33.9 Å². The molecule has 0 spiro atoms. The van der Waals surface area contributed by atoms with Gasteiger partial charge in [-0.25, -0.2) is 5.84 Å². The molecule has 3 aromatic rings. The van der Waals surface area contributed by atoms with Crippen molar-refractivity contribution in [2.75, 3.05) is 0 Å². The average molecular weight is 328 g/mol. The van der Waals surface area contributed by atoms with Gasteiger partial charge in [0.05, 0.1) is 0 Å².